The molecule has 0 radical (unpaired) electrons. The van der Waals surface area contributed by atoms with E-state index in [0.717, 1.165) is 11.3 Å². The highest BCUT2D eigenvalue weighted by molar-refractivity contribution is 5.80. The van der Waals surface area contributed by atoms with Gasteiger partial charge < -0.3 is 10.6 Å². The van der Waals surface area contributed by atoms with Crippen LogP contribution in [-0.2, 0) is 16.1 Å². The molecule has 1 aromatic carbocycles. The zero-order valence-corrected chi connectivity index (χ0v) is 15.0. The lowest BCUT2D eigenvalue weighted by Gasteiger charge is -2.31. The summed E-state index contributed by atoms with van der Waals surface area (Å²) >= 11 is 0. The van der Waals surface area contributed by atoms with Crippen LogP contribution in [0, 0.1) is 5.92 Å². The number of primary amides is 1. The molecule has 1 aliphatic rings. The van der Waals surface area contributed by atoms with Crippen molar-refractivity contribution in [3.63, 3.8) is 0 Å². The molecular formula is C19H25N5O2. The fourth-order valence-electron chi connectivity index (χ4n) is 3.28. The first-order valence-corrected chi connectivity index (χ1v) is 8.87. The van der Waals surface area contributed by atoms with E-state index in [-0.39, 0.29) is 17.7 Å². The summed E-state index contributed by atoms with van der Waals surface area (Å²) in [5, 5.41) is 4.38. The summed E-state index contributed by atoms with van der Waals surface area (Å²) in [4.78, 5) is 27.5. The first kappa shape index (κ1) is 18.1. The van der Waals surface area contributed by atoms with Crippen molar-refractivity contribution in [3.05, 3.63) is 48.3 Å². The Morgan fingerprint density at radius 3 is 2.58 bits per heavy atom. The van der Waals surface area contributed by atoms with E-state index in [1.54, 1.807) is 0 Å². The van der Waals surface area contributed by atoms with E-state index in [9.17, 15) is 9.59 Å². The van der Waals surface area contributed by atoms with Gasteiger partial charge in [0.15, 0.2) is 0 Å². The molecule has 0 spiro atoms. The average Bonchev–Trinajstić information content (AvgIpc) is 3.10. The second kappa shape index (κ2) is 8.14. The molecule has 1 aliphatic heterocycles. The zero-order chi connectivity index (χ0) is 18.5. The maximum absolute atomic E-state index is 12.4. The van der Waals surface area contributed by atoms with Gasteiger partial charge in [-0.15, -0.1) is 0 Å². The van der Waals surface area contributed by atoms with Crippen LogP contribution in [0.25, 0.3) is 5.69 Å². The smallest absolute Gasteiger partial charge is 0.236 e. The van der Waals surface area contributed by atoms with E-state index in [1.165, 1.54) is 0 Å². The Balaban J connectivity index is 1.50. The second-order valence-electron chi connectivity index (χ2n) is 6.86. The quantitative estimate of drug-likeness (QED) is 0.839. The lowest BCUT2D eigenvalue weighted by molar-refractivity contribution is -0.135. The highest BCUT2D eigenvalue weighted by atomic mass is 16.2. The van der Waals surface area contributed by atoms with Gasteiger partial charge in [-0.05, 0) is 32.0 Å². The molecule has 0 atom stereocenters. The van der Waals surface area contributed by atoms with Crippen LogP contribution in [0.2, 0.25) is 0 Å². The molecule has 1 saturated heterocycles. The number of hydrogen-bond donors (Lipinski definition) is 1. The molecule has 138 valence electrons. The monoisotopic (exact) mass is 355 g/mol. The molecule has 0 saturated carbocycles. The third kappa shape index (κ3) is 4.49. The van der Waals surface area contributed by atoms with Gasteiger partial charge in [0.1, 0.15) is 0 Å². The maximum atomic E-state index is 12.4. The van der Waals surface area contributed by atoms with Crippen molar-refractivity contribution in [3.8, 4) is 5.69 Å². The van der Waals surface area contributed by atoms with Crippen LogP contribution >= 0.6 is 0 Å². The van der Waals surface area contributed by atoms with E-state index in [1.807, 2.05) is 64.3 Å². The largest absolute Gasteiger partial charge is 0.369 e. The van der Waals surface area contributed by atoms with Gasteiger partial charge in [-0.1, -0.05) is 18.2 Å². The molecule has 2 amide bonds. The summed E-state index contributed by atoms with van der Waals surface area (Å²) in [7, 11) is 1.92. The number of likely N-dealkylation sites (N-methyl/N-ethyl adjacent to an activating group) is 1. The Kier molecular flexibility index (Phi) is 5.68. The number of para-hydroxylation sites is 1. The van der Waals surface area contributed by atoms with Gasteiger partial charge in [-0.25, -0.2) is 4.68 Å². The summed E-state index contributed by atoms with van der Waals surface area (Å²) in [6.45, 7) is 2.20. The minimum Gasteiger partial charge on any atom is -0.369 e. The number of hydrogen-bond acceptors (Lipinski definition) is 4. The molecule has 1 fully saturated rings. The molecule has 3 rings (SSSR count). The molecule has 2 heterocycles. The average molecular weight is 355 g/mol. The zero-order valence-electron chi connectivity index (χ0n) is 15.0. The first-order valence-electron chi connectivity index (χ1n) is 8.87. The van der Waals surface area contributed by atoms with Crippen molar-refractivity contribution in [2.45, 2.75) is 19.4 Å². The van der Waals surface area contributed by atoms with Gasteiger partial charge in [-0.3, -0.25) is 14.5 Å². The van der Waals surface area contributed by atoms with Crippen LogP contribution < -0.4 is 5.73 Å². The number of piperidine rings is 1. The predicted octanol–water partition coefficient (Wildman–Crippen LogP) is 1.03. The van der Waals surface area contributed by atoms with Crippen molar-refractivity contribution >= 4 is 11.8 Å². The van der Waals surface area contributed by atoms with Crippen LogP contribution in [0.5, 0.6) is 0 Å². The number of nitrogens with zero attached hydrogens (tertiary/aromatic N) is 4. The lowest BCUT2D eigenvalue weighted by atomic mass is 9.96. The predicted molar refractivity (Wildman–Crippen MR) is 98.4 cm³/mol. The van der Waals surface area contributed by atoms with Gasteiger partial charge in [0.05, 0.1) is 18.4 Å². The maximum Gasteiger partial charge on any atom is 0.236 e. The number of likely N-dealkylation sites (tertiary alicyclic amines) is 1. The Morgan fingerprint density at radius 1 is 1.23 bits per heavy atom. The van der Waals surface area contributed by atoms with Gasteiger partial charge in [-0.2, -0.15) is 5.10 Å². The van der Waals surface area contributed by atoms with Crippen LogP contribution in [-0.4, -0.2) is 58.1 Å². The van der Waals surface area contributed by atoms with Gasteiger partial charge in [0.25, 0.3) is 0 Å². The molecule has 0 bridgehead atoms. The summed E-state index contributed by atoms with van der Waals surface area (Å²) < 4.78 is 1.83. The third-order valence-electron chi connectivity index (χ3n) is 4.76. The summed E-state index contributed by atoms with van der Waals surface area (Å²) in [5.74, 6) is -0.267. The number of nitrogens with two attached hydrogens (primary N) is 1. The van der Waals surface area contributed by atoms with Crippen LogP contribution in [0.15, 0.2) is 42.7 Å². The molecule has 7 heteroatoms. The Morgan fingerprint density at radius 2 is 1.92 bits per heavy atom. The highest BCUT2D eigenvalue weighted by Gasteiger charge is 2.26. The summed E-state index contributed by atoms with van der Waals surface area (Å²) in [5.41, 5.74) is 7.40. The Hall–Kier alpha value is -2.67. The van der Waals surface area contributed by atoms with Crippen molar-refractivity contribution < 1.29 is 9.59 Å². The molecular weight excluding hydrogens is 330 g/mol. The van der Waals surface area contributed by atoms with E-state index in [2.05, 4.69) is 5.10 Å². The number of benzene rings is 1. The normalized spacial score (nSPS) is 15.4. The molecule has 0 unspecified atom stereocenters. The van der Waals surface area contributed by atoms with Crippen molar-refractivity contribution in [2.75, 3.05) is 26.7 Å². The molecule has 7 nitrogen and oxygen atoms in total. The van der Waals surface area contributed by atoms with Crippen molar-refractivity contribution in [2.24, 2.45) is 11.7 Å². The van der Waals surface area contributed by atoms with Crippen LogP contribution in [0.3, 0.4) is 0 Å². The number of carbonyl (C=O) groups excluding carboxylic acids is 2. The van der Waals surface area contributed by atoms with E-state index in [4.69, 9.17) is 5.73 Å². The minimum absolute atomic E-state index is 0.0888. The second-order valence-corrected chi connectivity index (χ2v) is 6.86. The van der Waals surface area contributed by atoms with E-state index in [0.29, 0.717) is 39.0 Å². The number of carbonyl (C=O) groups is 2. The Bertz CT molecular complexity index is 750. The SMILES string of the molecule is CN(CC(=O)N1CCC(C(N)=O)CC1)Cc1cnn(-c2ccccc2)c1. The molecule has 26 heavy (non-hydrogen) atoms. The number of rotatable bonds is 6. The summed E-state index contributed by atoms with van der Waals surface area (Å²) in [6.07, 6.45) is 5.13. The fourth-order valence-corrected chi connectivity index (χ4v) is 3.28. The number of aromatic nitrogens is 2. The van der Waals surface area contributed by atoms with Crippen LogP contribution in [0.1, 0.15) is 18.4 Å². The topological polar surface area (TPSA) is 84.5 Å². The Labute approximate surface area is 153 Å². The van der Waals surface area contributed by atoms with Crippen molar-refractivity contribution in [1.82, 2.24) is 19.6 Å². The van der Waals surface area contributed by atoms with Gasteiger partial charge in [0.2, 0.25) is 11.8 Å². The van der Waals surface area contributed by atoms with E-state index < -0.39 is 0 Å². The highest BCUT2D eigenvalue weighted by Crippen LogP contribution is 2.17. The van der Waals surface area contributed by atoms with Gasteiger partial charge >= 0.3 is 0 Å². The standard InChI is InChI=1S/C19H25N5O2/c1-22(14-18(25)23-9-7-16(8-10-23)19(20)26)12-15-11-21-24(13-15)17-5-3-2-4-6-17/h2-6,11,13,16H,7-10,12,14H2,1H3,(H2,20,26). The van der Waals surface area contributed by atoms with Crippen LogP contribution in [0.4, 0.5) is 0 Å². The third-order valence-corrected chi connectivity index (χ3v) is 4.76. The van der Waals surface area contributed by atoms with Crippen molar-refractivity contribution in [1.29, 1.82) is 0 Å². The number of amides is 2. The summed E-state index contributed by atoms with van der Waals surface area (Å²) in [6, 6.07) is 9.92. The first-order chi connectivity index (χ1) is 12.5. The minimum atomic E-state index is -0.260. The van der Waals surface area contributed by atoms with Gasteiger partial charge in [0, 0.05) is 37.3 Å². The molecule has 1 aromatic heterocycles. The lowest BCUT2D eigenvalue weighted by Crippen LogP contribution is -2.45. The fraction of sp³-hybridized carbons (Fsp3) is 0.421. The molecule has 2 aromatic rings. The molecule has 0 aliphatic carbocycles. The van der Waals surface area contributed by atoms with E-state index >= 15 is 0 Å². The molecule has 2 N–H and O–H groups in total.